The van der Waals surface area contributed by atoms with E-state index in [9.17, 15) is 4.39 Å². The van der Waals surface area contributed by atoms with Crippen LogP contribution >= 0.6 is 24.8 Å². The molecule has 0 atom stereocenters. The van der Waals surface area contributed by atoms with E-state index < -0.39 is 0 Å². The van der Waals surface area contributed by atoms with E-state index in [2.05, 4.69) is 10.6 Å². The Morgan fingerprint density at radius 3 is 2.34 bits per heavy atom. The molecule has 164 valence electrons. The van der Waals surface area contributed by atoms with Crippen LogP contribution in [0.2, 0.25) is 0 Å². The van der Waals surface area contributed by atoms with Gasteiger partial charge in [-0.1, -0.05) is 30.3 Å². The first-order chi connectivity index (χ1) is 13.3. The van der Waals surface area contributed by atoms with Crippen LogP contribution in [0.1, 0.15) is 24.5 Å². The van der Waals surface area contributed by atoms with Gasteiger partial charge in [-0.2, -0.15) is 0 Å². The summed E-state index contributed by atoms with van der Waals surface area (Å²) >= 11 is 0. The number of hydrogen-bond acceptors (Lipinski definition) is 5. The zero-order valence-electron chi connectivity index (χ0n) is 16.7. The predicted octanol–water partition coefficient (Wildman–Crippen LogP) is 3.71. The van der Waals surface area contributed by atoms with Crippen LogP contribution in [0.25, 0.3) is 0 Å². The first-order valence-electron chi connectivity index (χ1n) is 9.39. The van der Waals surface area contributed by atoms with Gasteiger partial charge in [0.15, 0.2) is 11.5 Å². The summed E-state index contributed by atoms with van der Waals surface area (Å²) in [4.78, 5) is 0. The van der Waals surface area contributed by atoms with E-state index in [0.717, 1.165) is 25.1 Å². The Morgan fingerprint density at radius 1 is 0.897 bits per heavy atom. The summed E-state index contributed by atoms with van der Waals surface area (Å²) in [5.41, 5.74) is 1.48. The summed E-state index contributed by atoms with van der Waals surface area (Å²) in [6.45, 7) is 5.69. The van der Waals surface area contributed by atoms with Crippen molar-refractivity contribution in [1.29, 1.82) is 0 Å². The zero-order valence-corrected chi connectivity index (χ0v) is 18.3. The van der Waals surface area contributed by atoms with Crippen LogP contribution in [0, 0.1) is 5.82 Å². The maximum absolute atomic E-state index is 13.9. The lowest BCUT2D eigenvalue weighted by Gasteiger charge is -2.17. The topological polar surface area (TPSA) is 62.8 Å². The van der Waals surface area contributed by atoms with Crippen LogP contribution in [0.5, 0.6) is 11.5 Å². The van der Waals surface area contributed by atoms with Gasteiger partial charge in [0.05, 0.1) is 13.2 Å². The summed E-state index contributed by atoms with van der Waals surface area (Å²) < 4.78 is 25.5. The second-order valence-corrected chi connectivity index (χ2v) is 6.06. The van der Waals surface area contributed by atoms with Crippen LogP contribution in [0.3, 0.4) is 0 Å². The SMILES string of the molecule is CCOc1cccc(CNCCCNCCO)c1OCc1ccccc1F.Cl.Cl. The van der Waals surface area contributed by atoms with Crippen LogP contribution in [-0.2, 0) is 13.2 Å². The molecule has 0 fully saturated rings. The van der Waals surface area contributed by atoms with Crippen molar-refractivity contribution in [3.05, 3.63) is 59.4 Å². The highest BCUT2D eigenvalue weighted by atomic mass is 35.5. The van der Waals surface area contributed by atoms with E-state index in [0.29, 0.717) is 36.8 Å². The molecule has 0 aromatic heterocycles. The molecule has 29 heavy (non-hydrogen) atoms. The normalized spacial score (nSPS) is 10.0. The summed E-state index contributed by atoms with van der Waals surface area (Å²) in [7, 11) is 0. The number of benzene rings is 2. The van der Waals surface area contributed by atoms with Crippen LogP contribution in [0.15, 0.2) is 42.5 Å². The maximum atomic E-state index is 13.9. The van der Waals surface area contributed by atoms with Gasteiger partial charge in [0.1, 0.15) is 12.4 Å². The fraction of sp³-hybridized carbons (Fsp3) is 0.429. The molecule has 8 heteroatoms. The van der Waals surface area contributed by atoms with Crippen LogP contribution in [0.4, 0.5) is 4.39 Å². The first-order valence-corrected chi connectivity index (χ1v) is 9.39. The number of hydrogen-bond donors (Lipinski definition) is 3. The number of aliphatic hydroxyl groups excluding tert-OH is 1. The molecule has 3 N–H and O–H groups in total. The van der Waals surface area contributed by atoms with Crippen molar-refractivity contribution in [2.24, 2.45) is 0 Å². The van der Waals surface area contributed by atoms with Gasteiger partial charge in [0.2, 0.25) is 0 Å². The Labute approximate surface area is 184 Å². The lowest BCUT2D eigenvalue weighted by atomic mass is 10.1. The van der Waals surface area contributed by atoms with E-state index >= 15 is 0 Å². The van der Waals surface area contributed by atoms with Gasteiger partial charge in [-0.25, -0.2) is 4.39 Å². The van der Waals surface area contributed by atoms with Gasteiger partial charge in [0, 0.05) is 24.2 Å². The van der Waals surface area contributed by atoms with Gasteiger partial charge in [-0.05, 0) is 38.6 Å². The number of aliphatic hydroxyl groups is 1. The molecule has 2 rings (SSSR count). The van der Waals surface area contributed by atoms with Crippen molar-refractivity contribution in [3.63, 3.8) is 0 Å². The number of halogens is 3. The van der Waals surface area contributed by atoms with Gasteiger partial charge < -0.3 is 25.2 Å². The van der Waals surface area contributed by atoms with Gasteiger partial charge in [-0.3, -0.25) is 0 Å². The fourth-order valence-electron chi connectivity index (χ4n) is 2.66. The van der Waals surface area contributed by atoms with Crippen molar-refractivity contribution >= 4 is 24.8 Å². The Balaban J connectivity index is 0.00000392. The fourth-order valence-corrected chi connectivity index (χ4v) is 2.66. The van der Waals surface area contributed by atoms with Crippen LogP contribution in [-0.4, -0.2) is 38.0 Å². The van der Waals surface area contributed by atoms with Gasteiger partial charge in [0.25, 0.3) is 0 Å². The highest BCUT2D eigenvalue weighted by Crippen LogP contribution is 2.32. The molecule has 0 aliphatic carbocycles. The third kappa shape index (κ3) is 9.65. The van der Waals surface area contributed by atoms with Crippen molar-refractivity contribution in [2.75, 3.05) is 32.8 Å². The zero-order chi connectivity index (χ0) is 19.3. The molecule has 0 radical (unpaired) electrons. The Hall–Kier alpha value is -1.57. The quantitative estimate of drug-likeness (QED) is 0.407. The molecule has 0 bridgehead atoms. The lowest BCUT2D eigenvalue weighted by Crippen LogP contribution is -2.24. The monoisotopic (exact) mass is 448 g/mol. The Kier molecular flexibility index (Phi) is 15.4. The summed E-state index contributed by atoms with van der Waals surface area (Å²) in [5.74, 6) is 1.03. The molecular weight excluding hydrogens is 418 g/mol. The molecule has 0 spiro atoms. The second-order valence-electron chi connectivity index (χ2n) is 6.06. The standard InChI is InChI=1S/C21H29FN2O3.2ClH/c1-2-26-20-10-5-8-17(15-24-12-6-11-23-13-14-25)21(20)27-16-18-7-3-4-9-19(18)22;;/h3-5,7-10,23-25H,2,6,11-16H2,1H3;2*1H. The smallest absolute Gasteiger partial charge is 0.166 e. The minimum atomic E-state index is -0.276. The van der Waals surface area contributed by atoms with Crippen molar-refractivity contribution in [3.8, 4) is 11.5 Å². The number of ether oxygens (including phenoxy) is 2. The minimum absolute atomic E-state index is 0. The molecule has 0 heterocycles. The van der Waals surface area contributed by atoms with E-state index in [1.165, 1.54) is 6.07 Å². The summed E-state index contributed by atoms with van der Waals surface area (Å²) in [6.07, 6.45) is 0.955. The van der Waals surface area contributed by atoms with E-state index in [1.807, 2.05) is 25.1 Å². The molecule has 0 aliphatic heterocycles. The van der Waals surface area contributed by atoms with E-state index in [4.69, 9.17) is 14.6 Å². The van der Waals surface area contributed by atoms with Crippen LogP contribution < -0.4 is 20.1 Å². The first kappa shape index (κ1) is 27.4. The average Bonchev–Trinajstić information content (AvgIpc) is 2.68. The number of para-hydroxylation sites is 1. The molecule has 2 aromatic carbocycles. The average molecular weight is 449 g/mol. The second kappa shape index (κ2) is 16.3. The number of rotatable bonds is 13. The van der Waals surface area contributed by atoms with Crippen molar-refractivity contribution in [2.45, 2.75) is 26.5 Å². The molecule has 0 amide bonds. The van der Waals surface area contributed by atoms with E-state index in [-0.39, 0.29) is 43.8 Å². The largest absolute Gasteiger partial charge is 0.490 e. The van der Waals surface area contributed by atoms with Gasteiger partial charge in [-0.15, -0.1) is 24.8 Å². The highest BCUT2D eigenvalue weighted by molar-refractivity contribution is 5.85. The minimum Gasteiger partial charge on any atom is -0.490 e. The molecular formula is C21H31Cl2FN2O3. The lowest BCUT2D eigenvalue weighted by molar-refractivity contribution is 0.262. The Morgan fingerprint density at radius 2 is 1.62 bits per heavy atom. The third-order valence-corrected chi connectivity index (χ3v) is 4.00. The molecule has 0 unspecified atom stereocenters. The third-order valence-electron chi connectivity index (χ3n) is 4.00. The number of nitrogens with one attached hydrogen (secondary N) is 2. The Bertz CT molecular complexity index is 693. The molecule has 5 nitrogen and oxygen atoms in total. The molecule has 0 aliphatic rings. The van der Waals surface area contributed by atoms with Gasteiger partial charge >= 0.3 is 0 Å². The molecule has 0 saturated carbocycles. The van der Waals surface area contributed by atoms with E-state index in [1.54, 1.807) is 18.2 Å². The molecule has 0 saturated heterocycles. The summed E-state index contributed by atoms with van der Waals surface area (Å²) in [6, 6.07) is 12.4. The molecule has 2 aromatic rings. The predicted molar refractivity (Wildman–Crippen MR) is 119 cm³/mol. The summed E-state index contributed by atoms with van der Waals surface area (Å²) in [5, 5.41) is 15.3. The van der Waals surface area contributed by atoms with Crippen molar-refractivity contribution in [1.82, 2.24) is 10.6 Å². The van der Waals surface area contributed by atoms with Crippen molar-refractivity contribution < 1.29 is 19.0 Å². The highest BCUT2D eigenvalue weighted by Gasteiger charge is 2.12. The maximum Gasteiger partial charge on any atom is 0.166 e.